The number of carbonyl (C=O) groups is 1. The molecule has 3 aliphatic rings. The summed E-state index contributed by atoms with van der Waals surface area (Å²) in [5, 5.41) is 11.4. The molecule has 0 radical (unpaired) electrons. The Balaban J connectivity index is 1.36. The first kappa shape index (κ1) is 21.4. The van der Waals surface area contributed by atoms with Crippen LogP contribution in [0.5, 0.6) is 5.75 Å². The number of methoxy groups -OCH3 is 1. The lowest BCUT2D eigenvalue weighted by Crippen LogP contribution is -2.57. The summed E-state index contributed by atoms with van der Waals surface area (Å²) in [5.74, 6) is 1.63. The Morgan fingerprint density at radius 2 is 1.83 bits per heavy atom. The molecular formula is C24H37N3O3. The van der Waals surface area contributed by atoms with Crippen molar-refractivity contribution in [3.05, 3.63) is 24.3 Å². The molecule has 1 amide bonds. The molecule has 0 saturated carbocycles. The predicted octanol–water partition coefficient (Wildman–Crippen LogP) is 2.75. The summed E-state index contributed by atoms with van der Waals surface area (Å²) in [6.45, 7) is 7.03. The smallest absolute Gasteiger partial charge is 0.219 e. The molecule has 1 aromatic carbocycles. The first-order valence-electron chi connectivity index (χ1n) is 11.6. The minimum absolute atomic E-state index is 0.203. The van der Waals surface area contributed by atoms with Crippen LogP contribution in [0.2, 0.25) is 0 Å². The van der Waals surface area contributed by atoms with Crippen LogP contribution < -0.4 is 9.64 Å². The van der Waals surface area contributed by atoms with Gasteiger partial charge < -0.3 is 19.6 Å². The summed E-state index contributed by atoms with van der Waals surface area (Å²) in [6.07, 6.45) is 6.26. The molecule has 30 heavy (non-hydrogen) atoms. The van der Waals surface area contributed by atoms with Crippen LogP contribution in [0.25, 0.3) is 0 Å². The fourth-order valence-corrected chi connectivity index (χ4v) is 5.66. The number of amides is 1. The van der Waals surface area contributed by atoms with Gasteiger partial charge in [0.1, 0.15) is 5.75 Å². The van der Waals surface area contributed by atoms with Gasteiger partial charge in [-0.1, -0.05) is 6.42 Å². The van der Waals surface area contributed by atoms with Gasteiger partial charge >= 0.3 is 0 Å². The van der Waals surface area contributed by atoms with Crippen LogP contribution in [0.15, 0.2) is 24.3 Å². The fourth-order valence-electron chi connectivity index (χ4n) is 5.66. The number of piperidine rings is 2. The molecule has 1 aromatic rings. The van der Waals surface area contributed by atoms with Crippen LogP contribution in [0.1, 0.15) is 45.4 Å². The number of likely N-dealkylation sites (tertiary alicyclic amines) is 2. The number of β-amino-alcohol motifs (C(OH)–C–C–N with tert-alkyl or cyclic N) is 1. The molecule has 2 atom stereocenters. The number of nitrogens with zero attached hydrogens (tertiary/aromatic N) is 3. The van der Waals surface area contributed by atoms with Crippen molar-refractivity contribution in [2.75, 3.05) is 51.3 Å². The quantitative estimate of drug-likeness (QED) is 0.820. The summed E-state index contributed by atoms with van der Waals surface area (Å²) < 4.78 is 5.26. The zero-order chi connectivity index (χ0) is 21.1. The van der Waals surface area contributed by atoms with Crippen LogP contribution >= 0.6 is 0 Å². The van der Waals surface area contributed by atoms with Crippen molar-refractivity contribution in [3.8, 4) is 5.75 Å². The second kappa shape index (κ2) is 9.15. The van der Waals surface area contributed by atoms with Crippen LogP contribution in [-0.4, -0.2) is 78.8 Å². The van der Waals surface area contributed by atoms with Gasteiger partial charge in [0.25, 0.3) is 0 Å². The van der Waals surface area contributed by atoms with Crippen LogP contribution in [0.3, 0.4) is 0 Å². The number of rotatable bonds is 4. The molecule has 3 aliphatic heterocycles. The zero-order valence-electron chi connectivity index (χ0n) is 18.6. The topological polar surface area (TPSA) is 56.3 Å². The molecule has 1 N–H and O–H groups in total. The van der Waals surface area contributed by atoms with Crippen LogP contribution in [0.4, 0.5) is 5.69 Å². The molecule has 0 aromatic heterocycles. The van der Waals surface area contributed by atoms with Crippen molar-refractivity contribution in [2.45, 2.75) is 57.1 Å². The number of anilines is 1. The third kappa shape index (κ3) is 4.75. The molecule has 0 unspecified atom stereocenters. The highest BCUT2D eigenvalue weighted by molar-refractivity contribution is 5.73. The average molecular weight is 416 g/mol. The van der Waals surface area contributed by atoms with Crippen LogP contribution in [-0.2, 0) is 4.79 Å². The van der Waals surface area contributed by atoms with Gasteiger partial charge in [0.05, 0.1) is 12.7 Å². The molecule has 0 aliphatic carbocycles. The first-order valence-corrected chi connectivity index (χ1v) is 11.6. The SMILES string of the molecule is COc1ccc(N2CCC(O)(CN3CCCC[C@@H]4CN(C(C)=O)CC[C@@H]43)CC2)cc1. The third-order valence-electron chi connectivity index (χ3n) is 7.51. The van der Waals surface area contributed by atoms with E-state index in [1.807, 2.05) is 17.0 Å². The Bertz CT molecular complexity index is 715. The molecule has 0 spiro atoms. The lowest BCUT2D eigenvalue weighted by Gasteiger charge is -2.47. The maximum absolute atomic E-state index is 11.9. The molecule has 3 fully saturated rings. The molecule has 3 saturated heterocycles. The van der Waals surface area contributed by atoms with Gasteiger partial charge in [-0.2, -0.15) is 0 Å². The Morgan fingerprint density at radius 3 is 2.50 bits per heavy atom. The van der Waals surface area contributed by atoms with Gasteiger partial charge in [-0.15, -0.1) is 0 Å². The van der Waals surface area contributed by atoms with Crippen molar-refractivity contribution < 1.29 is 14.6 Å². The minimum atomic E-state index is -0.616. The number of ether oxygens (including phenoxy) is 1. The summed E-state index contributed by atoms with van der Waals surface area (Å²) in [4.78, 5) is 18.8. The largest absolute Gasteiger partial charge is 0.497 e. The lowest BCUT2D eigenvalue weighted by molar-refractivity contribution is -0.132. The first-order chi connectivity index (χ1) is 14.5. The van der Waals surface area contributed by atoms with E-state index in [0.717, 1.165) is 64.3 Å². The molecule has 166 valence electrons. The second-order valence-electron chi connectivity index (χ2n) is 9.46. The molecule has 3 heterocycles. The Hall–Kier alpha value is -1.79. The number of hydrogen-bond acceptors (Lipinski definition) is 5. The maximum atomic E-state index is 11.9. The maximum Gasteiger partial charge on any atom is 0.219 e. The molecular weight excluding hydrogens is 378 g/mol. The molecule has 0 bridgehead atoms. The second-order valence-corrected chi connectivity index (χ2v) is 9.46. The van der Waals surface area contributed by atoms with Crippen molar-refractivity contribution >= 4 is 11.6 Å². The molecule has 4 rings (SSSR count). The average Bonchev–Trinajstić information content (AvgIpc) is 2.96. The van der Waals surface area contributed by atoms with Gasteiger partial charge in [0.2, 0.25) is 5.91 Å². The van der Waals surface area contributed by atoms with Gasteiger partial charge in [-0.3, -0.25) is 9.69 Å². The van der Waals surface area contributed by atoms with E-state index in [4.69, 9.17) is 4.74 Å². The summed E-state index contributed by atoms with van der Waals surface area (Å²) in [5.41, 5.74) is 0.583. The number of carbonyl (C=O) groups excluding carboxylic acids is 1. The highest BCUT2D eigenvalue weighted by Gasteiger charge is 2.40. The Morgan fingerprint density at radius 1 is 1.10 bits per heavy atom. The van der Waals surface area contributed by atoms with E-state index in [1.165, 1.54) is 24.9 Å². The number of hydrogen-bond donors (Lipinski definition) is 1. The van der Waals surface area contributed by atoms with Crippen molar-refractivity contribution in [1.29, 1.82) is 0 Å². The van der Waals surface area contributed by atoms with Gasteiger partial charge in [-0.25, -0.2) is 0 Å². The lowest BCUT2D eigenvalue weighted by atomic mass is 9.85. The molecule has 6 nitrogen and oxygen atoms in total. The Kier molecular flexibility index (Phi) is 6.54. The van der Waals surface area contributed by atoms with E-state index in [1.54, 1.807) is 14.0 Å². The normalized spacial score (nSPS) is 27.3. The fraction of sp³-hybridized carbons (Fsp3) is 0.708. The van der Waals surface area contributed by atoms with E-state index in [9.17, 15) is 9.90 Å². The van der Waals surface area contributed by atoms with Crippen molar-refractivity contribution in [3.63, 3.8) is 0 Å². The predicted molar refractivity (Wildman–Crippen MR) is 119 cm³/mol. The number of aliphatic hydroxyl groups is 1. The summed E-state index contributed by atoms with van der Waals surface area (Å²) in [7, 11) is 1.69. The zero-order valence-corrected chi connectivity index (χ0v) is 18.6. The Labute approximate surface area is 180 Å². The highest BCUT2D eigenvalue weighted by Crippen LogP contribution is 2.34. The van der Waals surface area contributed by atoms with Gasteiger partial charge in [0, 0.05) is 51.4 Å². The van der Waals surface area contributed by atoms with Crippen molar-refractivity contribution in [1.82, 2.24) is 9.80 Å². The molecule has 6 heteroatoms. The van der Waals surface area contributed by atoms with E-state index < -0.39 is 5.60 Å². The number of fused-ring (bicyclic) bond motifs is 1. The summed E-state index contributed by atoms with van der Waals surface area (Å²) in [6, 6.07) is 8.71. The van der Waals surface area contributed by atoms with E-state index in [-0.39, 0.29) is 5.91 Å². The summed E-state index contributed by atoms with van der Waals surface area (Å²) >= 11 is 0. The minimum Gasteiger partial charge on any atom is -0.497 e. The number of benzene rings is 1. The van der Waals surface area contributed by atoms with E-state index in [0.29, 0.717) is 12.0 Å². The standard InChI is InChI=1S/C24H37N3O3/c1-19(28)26-14-10-23-20(17-26)5-3-4-13-27(23)18-24(29)11-15-25(16-12-24)21-6-8-22(30-2)9-7-21/h6-9,20,23,29H,3-5,10-18H2,1-2H3/t20-,23+/m1/s1. The highest BCUT2D eigenvalue weighted by atomic mass is 16.5. The van der Waals surface area contributed by atoms with Gasteiger partial charge in [0.15, 0.2) is 0 Å². The third-order valence-corrected chi connectivity index (χ3v) is 7.51. The van der Waals surface area contributed by atoms with Gasteiger partial charge in [-0.05, 0) is 68.8 Å². The van der Waals surface area contributed by atoms with Crippen molar-refractivity contribution in [2.24, 2.45) is 5.92 Å². The monoisotopic (exact) mass is 415 g/mol. The van der Waals surface area contributed by atoms with E-state index >= 15 is 0 Å². The van der Waals surface area contributed by atoms with E-state index in [2.05, 4.69) is 21.9 Å². The van der Waals surface area contributed by atoms with Crippen LogP contribution in [0, 0.1) is 5.92 Å².